The number of nitrogens with one attached hydrogen (secondary N) is 2. The maximum atomic E-state index is 6.93. The van der Waals surface area contributed by atoms with Crippen molar-refractivity contribution in [1.82, 2.24) is 20.5 Å². The number of hydrogen-bond donors (Lipinski definition) is 2. The van der Waals surface area contributed by atoms with Gasteiger partial charge >= 0.3 is 0 Å². The molecule has 1 radical (unpaired) electrons. The molecule has 2 saturated heterocycles. The van der Waals surface area contributed by atoms with Crippen LogP contribution in [0.3, 0.4) is 0 Å². The number of aromatic nitrogens is 1. The number of pyridine rings is 1. The first-order valence-corrected chi connectivity index (χ1v) is 14.4. The third-order valence-electron chi connectivity index (χ3n) is 8.57. The van der Waals surface area contributed by atoms with Crippen LogP contribution in [0.15, 0.2) is 84.0 Å². The number of piperazine rings is 2. The molecule has 8 heteroatoms. The van der Waals surface area contributed by atoms with Crippen LogP contribution >= 0.6 is 24.0 Å². The van der Waals surface area contributed by atoms with Crippen LogP contribution < -0.4 is 15.5 Å². The first-order valence-electron chi connectivity index (χ1n) is 14.0. The second kappa shape index (κ2) is 11.6. The summed E-state index contributed by atoms with van der Waals surface area (Å²) >= 11 is 6.93. The van der Waals surface area contributed by atoms with E-state index in [1.54, 1.807) is 0 Å². The van der Waals surface area contributed by atoms with Crippen molar-refractivity contribution in [3.05, 3.63) is 113 Å². The van der Waals surface area contributed by atoms with Crippen molar-refractivity contribution in [2.45, 2.75) is 29.8 Å². The summed E-state index contributed by atoms with van der Waals surface area (Å²) in [6.07, 6.45) is 10.6. The summed E-state index contributed by atoms with van der Waals surface area (Å²) in [6, 6.07) is 22.5. The van der Waals surface area contributed by atoms with E-state index in [2.05, 4.69) is 91.1 Å². The Balaban J connectivity index is 0.000000141. The molecule has 5 aliphatic rings. The summed E-state index contributed by atoms with van der Waals surface area (Å²) < 4.78 is 0. The number of nitrogens with zero attached hydrogens (tertiary/aromatic N) is 4. The summed E-state index contributed by atoms with van der Waals surface area (Å²) in [5.74, 6) is 1.17. The monoisotopic (exact) mass is 573 g/mol. The van der Waals surface area contributed by atoms with E-state index in [1.807, 2.05) is 24.6 Å². The molecule has 5 aliphatic heterocycles. The molecule has 207 valence electrons. The van der Waals surface area contributed by atoms with E-state index in [-0.39, 0.29) is 12.4 Å². The SMILES string of the molecule is Cl.ClC12C=CC=N[C]1N1CCNCC1c1ccccc1C2.c1ccc2c(c1)Cc1cccnc1N1CCNCC21. The van der Waals surface area contributed by atoms with Gasteiger partial charge in [-0.15, -0.1) is 24.0 Å². The standard InChI is InChI=1S/C16H17ClN3.C16H17N3.ClH/c17-16-6-3-7-19-15(16)20-9-8-18-11-14(20)13-5-2-1-4-12(13)10-16;1-2-6-14-12(4-1)10-13-5-3-7-18-16(13)19-9-8-17-11-15(14)19;/h1-7,14,18H,8-11H2;1-7,15,17H,8-11H2;1H. The molecule has 0 spiro atoms. The first kappa shape index (κ1) is 27.4. The molecule has 2 N–H and O–H groups in total. The molecule has 6 heterocycles. The Labute approximate surface area is 247 Å². The first-order chi connectivity index (χ1) is 19.2. The van der Waals surface area contributed by atoms with E-state index in [4.69, 9.17) is 11.6 Å². The van der Waals surface area contributed by atoms with Crippen molar-refractivity contribution in [2.24, 2.45) is 4.99 Å². The van der Waals surface area contributed by atoms with Crippen molar-refractivity contribution < 1.29 is 0 Å². The van der Waals surface area contributed by atoms with E-state index in [0.717, 1.165) is 58.3 Å². The molecule has 0 bridgehead atoms. The van der Waals surface area contributed by atoms with Gasteiger partial charge in [0.15, 0.2) is 6.17 Å². The minimum atomic E-state index is -0.503. The highest BCUT2D eigenvalue weighted by molar-refractivity contribution is 6.27. The quantitative estimate of drug-likeness (QED) is 0.376. The number of hydrogen-bond acceptors (Lipinski definition) is 6. The zero-order valence-corrected chi connectivity index (χ0v) is 24.0. The van der Waals surface area contributed by atoms with Crippen LogP contribution in [-0.2, 0) is 12.8 Å². The number of allylic oxidation sites excluding steroid dienone is 1. The van der Waals surface area contributed by atoms with E-state index in [1.165, 1.54) is 33.6 Å². The van der Waals surface area contributed by atoms with E-state index < -0.39 is 4.87 Å². The van der Waals surface area contributed by atoms with Crippen LogP contribution in [-0.4, -0.2) is 60.2 Å². The summed E-state index contributed by atoms with van der Waals surface area (Å²) in [7, 11) is 0. The van der Waals surface area contributed by atoms with Gasteiger partial charge in [0.2, 0.25) is 0 Å². The van der Waals surface area contributed by atoms with Crippen LogP contribution in [0, 0.1) is 6.17 Å². The molecule has 3 aromatic rings. The molecular formula is C32H35Cl2N6. The third kappa shape index (κ3) is 4.97. The molecule has 0 amide bonds. The lowest BCUT2D eigenvalue weighted by atomic mass is 9.92. The largest absolute Gasteiger partial charge is 0.347 e. The van der Waals surface area contributed by atoms with Crippen LogP contribution in [0.2, 0.25) is 0 Å². The predicted octanol–water partition coefficient (Wildman–Crippen LogP) is 4.86. The zero-order valence-electron chi connectivity index (χ0n) is 22.5. The van der Waals surface area contributed by atoms with Gasteiger partial charge in [-0.3, -0.25) is 9.89 Å². The molecule has 0 saturated carbocycles. The Bertz CT molecular complexity index is 1360. The van der Waals surface area contributed by atoms with Crippen LogP contribution in [0.25, 0.3) is 0 Å². The molecule has 2 fully saturated rings. The average Bonchev–Trinajstić information content (AvgIpc) is 3.20. The maximum Gasteiger partial charge on any atom is 0.177 e. The van der Waals surface area contributed by atoms with Gasteiger partial charge in [-0.1, -0.05) is 60.7 Å². The second-order valence-electron chi connectivity index (χ2n) is 10.9. The van der Waals surface area contributed by atoms with Gasteiger partial charge in [0.05, 0.1) is 12.1 Å². The number of dihydropyridines is 1. The minimum absolute atomic E-state index is 0. The third-order valence-corrected chi connectivity index (χ3v) is 9.00. The fourth-order valence-electron chi connectivity index (χ4n) is 6.76. The number of halogens is 2. The van der Waals surface area contributed by atoms with E-state index in [9.17, 15) is 0 Å². The Morgan fingerprint density at radius 1 is 0.800 bits per heavy atom. The van der Waals surface area contributed by atoms with Crippen molar-refractivity contribution in [1.29, 1.82) is 0 Å². The molecule has 8 rings (SSSR count). The van der Waals surface area contributed by atoms with Gasteiger partial charge in [0, 0.05) is 58.1 Å². The van der Waals surface area contributed by atoms with Gasteiger partial charge < -0.3 is 15.5 Å². The van der Waals surface area contributed by atoms with E-state index >= 15 is 0 Å². The fraction of sp³-hybridized carbons (Fsp3) is 0.344. The zero-order chi connectivity index (χ0) is 26.2. The Morgan fingerprint density at radius 2 is 1.45 bits per heavy atom. The molecular weight excluding hydrogens is 539 g/mol. The van der Waals surface area contributed by atoms with Crippen molar-refractivity contribution in [3.8, 4) is 0 Å². The summed E-state index contributed by atoms with van der Waals surface area (Å²) in [4.78, 5) is 13.6. The maximum absolute atomic E-state index is 6.93. The highest BCUT2D eigenvalue weighted by atomic mass is 35.5. The normalized spacial score (nSPS) is 26.6. The number of anilines is 1. The molecule has 2 aromatic carbocycles. The lowest BCUT2D eigenvalue weighted by Gasteiger charge is -2.42. The second-order valence-corrected chi connectivity index (χ2v) is 11.6. The van der Waals surface area contributed by atoms with Gasteiger partial charge in [-0.25, -0.2) is 4.98 Å². The highest BCUT2D eigenvalue weighted by Crippen LogP contribution is 2.46. The molecule has 0 aliphatic carbocycles. The van der Waals surface area contributed by atoms with Crippen molar-refractivity contribution >= 4 is 36.0 Å². The molecule has 40 heavy (non-hydrogen) atoms. The fourth-order valence-corrected chi connectivity index (χ4v) is 7.14. The molecule has 6 nitrogen and oxygen atoms in total. The van der Waals surface area contributed by atoms with Crippen molar-refractivity contribution in [3.63, 3.8) is 0 Å². The predicted molar refractivity (Wildman–Crippen MR) is 166 cm³/mol. The number of fused-ring (bicyclic) bond motifs is 10. The Hall–Kier alpha value is -2.74. The van der Waals surface area contributed by atoms with Crippen LogP contribution in [0.4, 0.5) is 5.82 Å². The topological polar surface area (TPSA) is 55.8 Å². The van der Waals surface area contributed by atoms with E-state index in [0.29, 0.717) is 12.1 Å². The van der Waals surface area contributed by atoms with Gasteiger partial charge in [-0.05, 0) is 46.4 Å². The lowest BCUT2D eigenvalue weighted by Crippen LogP contribution is -2.51. The van der Waals surface area contributed by atoms with Gasteiger partial charge in [0.1, 0.15) is 10.7 Å². The number of rotatable bonds is 0. The minimum Gasteiger partial charge on any atom is -0.347 e. The molecule has 3 atom stereocenters. The summed E-state index contributed by atoms with van der Waals surface area (Å²) in [5.41, 5.74) is 6.95. The van der Waals surface area contributed by atoms with Crippen LogP contribution in [0.1, 0.15) is 39.9 Å². The Kier molecular flexibility index (Phi) is 7.98. The van der Waals surface area contributed by atoms with Crippen molar-refractivity contribution in [2.75, 3.05) is 44.2 Å². The highest BCUT2D eigenvalue weighted by Gasteiger charge is 2.47. The number of benzene rings is 2. The van der Waals surface area contributed by atoms with Gasteiger partial charge in [-0.2, -0.15) is 0 Å². The Morgan fingerprint density at radius 3 is 2.25 bits per heavy atom. The lowest BCUT2D eigenvalue weighted by molar-refractivity contribution is 0.160. The number of aliphatic imine (C=N–C) groups is 1. The molecule has 1 aromatic heterocycles. The van der Waals surface area contributed by atoms with Crippen LogP contribution in [0.5, 0.6) is 0 Å². The number of alkyl halides is 1. The average molecular weight is 575 g/mol. The summed E-state index contributed by atoms with van der Waals surface area (Å²) in [6.45, 7) is 5.96. The summed E-state index contributed by atoms with van der Waals surface area (Å²) in [5, 5.41) is 7.01. The van der Waals surface area contributed by atoms with Gasteiger partial charge in [0.25, 0.3) is 0 Å². The smallest absolute Gasteiger partial charge is 0.177 e. The molecule has 3 unspecified atom stereocenters.